The summed E-state index contributed by atoms with van der Waals surface area (Å²) in [5, 5.41) is 9.13. The molecule has 4 heteroatoms. The monoisotopic (exact) mass is 377 g/mol. The van der Waals surface area contributed by atoms with Gasteiger partial charge in [0.05, 0.1) is 4.75 Å². The van der Waals surface area contributed by atoms with Crippen molar-refractivity contribution in [2.75, 3.05) is 5.75 Å². The van der Waals surface area contributed by atoms with Gasteiger partial charge in [0.25, 0.3) is 0 Å². The van der Waals surface area contributed by atoms with Crippen molar-refractivity contribution in [1.82, 2.24) is 0 Å². The molecule has 3 aromatic rings. The largest absolute Gasteiger partial charge is 0.480 e. The van der Waals surface area contributed by atoms with E-state index in [0.717, 1.165) is 16.7 Å². The number of nitrogens with two attached hydrogens (primary N) is 1. The Hall–Kier alpha value is -2.56. The molecule has 0 radical (unpaired) electrons. The SMILES string of the molecule is N[C@H](CCSC(c1ccccc1)(c1ccccc1)c1ccccc1)C(=O)O. The van der Waals surface area contributed by atoms with Crippen molar-refractivity contribution < 1.29 is 9.90 Å². The van der Waals surface area contributed by atoms with Crippen LogP contribution < -0.4 is 5.73 Å². The second-order valence-electron chi connectivity index (χ2n) is 6.36. The Morgan fingerprint density at radius 1 is 0.815 bits per heavy atom. The van der Waals surface area contributed by atoms with Gasteiger partial charge in [-0.05, 0) is 28.9 Å². The van der Waals surface area contributed by atoms with Crippen LogP contribution >= 0.6 is 11.8 Å². The van der Waals surface area contributed by atoms with Gasteiger partial charge in [0, 0.05) is 0 Å². The van der Waals surface area contributed by atoms with Crippen molar-refractivity contribution >= 4 is 17.7 Å². The van der Waals surface area contributed by atoms with Crippen molar-refractivity contribution in [2.24, 2.45) is 5.73 Å². The van der Waals surface area contributed by atoms with Gasteiger partial charge < -0.3 is 10.8 Å². The highest BCUT2D eigenvalue weighted by atomic mass is 32.2. The summed E-state index contributed by atoms with van der Waals surface area (Å²) in [6.45, 7) is 0. The lowest BCUT2D eigenvalue weighted by atomic mass is 9.84. The first-order chi connectivity index (χ1) is 13.1. The molecule has 0 saturated heterocycles. The first kappa shape index (κ1) is 19.2. The standard InChI is InChI=1S/C23H23NO2S/c24-21(22(25)26)16-17-27-23(18-10-4-1-5-11-18,19-12-6-2-7-13-19)20-14-8-3-9-15-20/h1-15,21H,16-17,24H2,(H,25,26)/t21-/m1/s1. The molecular weight excluding hydrogens is 354 g/mol. The summed E-state index contributed by atoms with van der Waals surface area (Å²) in [7, 11) is 0. The summed E-state index contributed by atoms with van der Waals surface area (Å²) in [5.41, 5.74) is 9.24. The van der Waals surface area contributed by atoms with Crippen LogP contribution in [0, 0.1) is 0 Å². The van der Waals surface area contributed by atoms with Crippen LogP contribution in [0.5, 0.6) is 0 Å². The molecule has 138 valence electrons. The highest BCUT2D eigenvalue weighted by Crippen LogP contribution is 2.48. The highest BCUT2D eigenvalue weighted by Gasteiger charge is 2.36. The Balaban J connectivity index is 2.10. The summed E-state index contributed by atoms with van der Waals surface area (Å²) >= 11 is 1.73. The van der Waals surface area contributed by atoms with E-state index in [1.807, 2.05) is 54.6 Å². The number of rotatable bonds is 8. The Morgan fingerprint density at radius 3 is 1.52 bits per heavy atom. The molecule has 0 aliphatic carbocycles. The van der Waals surface area contributed by atoms with Gasteiger partial charge in [-0.1, -0.05) is 91.0 Å². The molecule has 0 aromatic heterocycles. The third-order valence-electron chi connectivity index (χ3n) is 4.61. The molecular formula is C23H23NO2S. The fourth-order valence-corrected chi connectivity index (χ4v) is 4.82. The van der Waals surface area contributed by atoms with Gasteiger partial charge in [-0.2, -0.15) is 0 Å². The van der Waals surface area contributed by atoms with Gasteiger partial charge in [-0.25, -0.2) is 0 Å². The lowest BCUT2D eigenvalue weighted by Crippen LogP contribution is -2.32. The molecule has 3 aromatic carbocycles. The first-order valence-corrected chi connectivity index (χ1v) is 9.92. The Kier molecular flexibility index (Phi) is 6.32. The molecule has 0 saturated carbocycles. The number of thioether (sulfide) groups is 1. The molecule has 1 atom stereocenters. The summed E-state index contributed by atoms with van der Waals surface area (Å²) in [6.07, 6.45) is 0.411. The zero-order valence-corrected chi connectivity index (χ0v) is 15.8. The maximum Gasteiger partial charge on any atom is 0.320 e. The number of carboxylic acids is 1. The van der Waals surface area contributed by atoms with E-state index in [9.17, 15) is 4.79 Å². The van der Waals surface area contributed by atoms with Crippen LogP contribution in [0.4, 0.5) is 0 Å². The summed E-state index contributed by atoms with van der Waals surface area (Å²) < 4.78 is -0.429. The van der Waals surface area contributed by atoms with Gasteiger partial charge in [0.2, 0.25) is 0 Å². The molecule has 0 aliphatic rings. The van der Waals surface area contributed by atoms with Crippen LogP contribution in [0.15, 0.2) is 91.0 Å². The van der Waals surface area contributed by atoms with E-state index in [-0.39, 0.29) is 0 Å². The molecule has 3 rings (SSSR count). The van der Waals surface area contributed by atoms with E-state index in [0.29, 0.717) is 12.2 Å². The summed E-state index contributed by atoms with van der Waals surface area (Å²) in [4.78, 5) is 11.1. The topological polar surface area (TPSA) is 63.3 Å². The predicted molar refractivity (Wildman–Crippen MR) is 112 cm³/mol. The second kappa shape index (κ2) is 8.89. The van der Waals surface area contributed by atoms with Crippen molar-refractivity contribution in [1.29, 1.82) is 0 Å². The lowest BCUT2D eigenvalue weighted by Gasteiger charge is -2.35. The van der Waals surface area contributed by atoms with Crippen LogP contribution in [0.3, 0.4) is 0 Å². The third-order valence-corrected chi connectivity index (χ3v) is 6.19. The van der Waals surface area contributed by atoms with E-state index >= 15 is 0 Å². The van der Waals surface area contributed by atoms with Crippen molar-refractivity contribution in [3.8, 4) is 0 Å². The third kappa shape index (κ3) is 4.24. The van der Waals surface area contributed by atoms with Gasteiger partial charge in [0.1, 0.15) is 6.04 Å². The lowest BCUT2D eigenvalue weighted by molar-refractivity contribution is -0.138. The van der Waals surface area contributed by atoms with Crippen LogP contribution in [-0.2, 0) is 9.54 Å². The smallest absolute Gasteiger partial charge is 0.320 e. The van der Waals surface area contributed by atoms with Gasteiger partial charge >= 0.3 is 5.97 Å². The van der Waals surface area contributed by atoms with Gasteiger partial charge in [0.15, 0.2) is 0 Å². The fraction of sp³-hybridized carbons (Fsp3) is 0.174. The molecule has 0 amide bonds. The maximum atomic E-state index is 11.1. The molecule has 0 fully saturated rings. The quantitative estimate of drug-likeness (QED) is 0.567. The van der Waals surface area contributed by atoms with Crippen LogP contribution in [0.25, 0.3) is 0 Å². The molecule has 0 heterocycles. The molecule has 27 heavy (non-hydrogen) atoms. The molecule has 3 N–H and O–H groups in total. The van der Waals surface area contributed by atoms with E-state index in [2.05, 4.69) is 36.4 Å². The first-order valence-electron chi connectivity index (χ1n) is 8.93. The number of hydrogen-bond donors (Lipinski definition) is 2. The molecule has 0 unspecified atom stereocenters. The summed E-state index contributed by atoms with van der Waals surface area (Å²) in [5.74, 6) is -0.327. The van der Waals surface area contributed by atoms with Gasteiger partial charge in [-0.3, -0.25) is 4.79 Å². The molecule has 0 bridgehead atoms. The van der Waals surface area contributed by atoms with E-state index in [1.54, 1.807) is 11.8 Å². The Morgan fingerprint density at radius 2 is 1.19 bits per heavy atom. The minimum Gasteiger partial charge on any atom is -0.480 e. The average molecular weight is 378 g/mol. The van der Waals surface area contributed by atoms with Crippen molar-refractivity contribution in [3.63, 3.8) is 0 Å². The Bertz CT molecular complexity index is 757. The molecule has 0 aliphatic heterocycles. The molecule has 0 spiro atoms. The molecule has 3 nitrogen and oxygen atoms in total. The zero-order chi connectivity index (χ0) is 19.1. The predicted octanol–water partition coefficient (Wildman–Crippen LogP) is 4.51. The van der Waals surface area contributed by atoms with Gasteiger partial charge in [-0.15, -0.1) is 11.8 Å². The number of hydrogen-bond acceptors (Lipinski definition) is 3. The van der Waals surface area contributed by atoms with Crippen LogP contribution in [-0.4, -0.2) is 22.9 Å². The second-order valence-corrected chi connectivity index (χ2v) is 7.67. The van der Waals surface area contributed by atoms with Crippen molar-refractivity contribution in [2.45, 2.75) is 17.2 Å². The minimum atomic E-state index is -0.958. The van der Waals surface area contributed by atoms with Crippen molar-refractivity contribution in [3.05, 3.63) is 108 Å². The normalized spacial score (nSPS) is 12.5. The number of carboxylic acid groups (broad SMARTS) is 1. The number of carbonyl (C=O) groups is 1. The number of aliphatic carboxylic acids is 1. The highest BCUT2D eigenvalue weighted by molar-refractivity contribution is 8.00. The van der Waals surface area contributed by atoms with E-state index in [4.69, 9.17) is 10.8 Å². The van der Waals surface area contributed by atoms with E-state index < -0.39 is 16.8 Å². The zero-order valence-electron chi connectivity index (χ0n) is 15.0. The van der Waals surface area contributed by atoms with Crippen LogP contribution in [0.1, 0.15) is 23.1 Å². The average Bonchev–Trinajstić information content (AvgIpc) is 2.73. The van der Waals surface area contributed by atoms with E-state index in [1.165, 1.54) is 0 Å². The minimum absolute atomic E-state index is 0.411. The van der Waals surface area contributed by atoms with Crippen LogP contribution in [0.2, 0.25) is 0 Å². The Labute approximate surface area is 164 Å². The maximum absolute atomic E-state index is 11.1. The number of benzene rings is 3. The summed E-state index contributed by atoms with van der Waals surface area (Å²) in [6, 6.07) is 30.2. The fourth-order valence-electron chi connectivity index (χ4n) is 3.23.